The molecule has 1 atom stereocenters. The van der Waals surface area contributed by atoms with Crippen molar-refractivity contribution in [2.45, 2.75) is 50.2 Å². The van der Waals surface area contributed by atoms with Gasteiger partial charge in [-0.3, -0.25) is 19.3 Å². The summed E-state index contributed by atoms with van der Waals surface area (Å²) in [4.78, 5) is 48.5. The molecule has 274 valence electrons. The number of benzene rings is 3. The van der Waals surface area contributed by atoms with Gasteiger partial charge in [0.15, 0.2) is 11.5 Å². The summed E-state index contributed by atoms with van der Waals surface area (Å²) in [6.07, 6.45) is 3.61. The van der Waals surface area contributed by atoms with Crippen molar-refractivity contribution in [2.24, 2.45) is 0 Å². The molecule has 0 aromatic heterocycles. The first-order valence-electron chi connectivity index (χ1n) is 18.3. The number of hydrogen-bond acceptors (Lipinski definition) is 10. The van der Waals surface area contributed by atoms with E-state index < -0.39 is 0 Å². The second-order valence-corrected chi connectivity index (χ2v) is 16.4. The first-order chi connectivity index (χ1) is 24.8. The molecule has 3 aliphatic heterocycles. The quantitative estimate of drug-likeness (QED) is 0.0823. The van der Waals surface area contributed by atoms with Crippen molar-refractivity contribution in [1.82, 2.24) is 19.6 Å². The normalized spacial score (nSPS) is 18.3. The molecule has 0 saturated carbocycles. The smallest absolute Gasteiger partial charge is 0.261 e. The Labute approximate surface area is 310 Å². The zero-order valence-corrected chi connectivity index (χ0v) is 31.7. The van der Waals surface area contributed by atoms with Crippen LogP contribution in [0.1, 0.15) is 70.6 Å². The van der Waals surface area contributed by atoms with Gasteiger partial charge in [-0.25, -0.2) is 0 Å². The maximum Gasteiger partial charge on any atom is 0.261 e. The monoisotopic (exact) mass is 733 g/mol. The van der Waals surface area contributed by atoms with E-state index in [2.05, 4.69) is 23.6 Å². The van der Waals surface area contributed by atoms with E-state index in [9.17, 15) is 14.4 Å². The van der Waals surface area contributed by atoms with Gasteiger partial charge in [0.1, 0.15) is 0 Å². The topological polar surface area (TPSA) is 109 Å². The van der Waals surface area contributed by atoms with Crippen LogP contribution >= 0.6 is 23.5 Å². The van der Waals surface area contributed by atoms with Crippen LogP contribution in [0.3, 0.4) is 0 Å². The summed E-state index contributed by atoms with van der Waals surface area (Å²) in [6, 6.07) is 15.0. The molecular formula is C39H51N5O5S2. The molecule has 3 heterocycles. The van der Waals surface area contributed by atoms with Crippen LogP contribution in [-0.2, 0) is 0 Å². The largest absolute Gasteiger partial charge is 0.493 e. The molecule has 2 saturated heterocycles. The molecule has 0 unspecified atom stereocenters. The molecule has 10 nitrogen and oxygen atoms in total. The van der Waals surface area contributed by atoms with Gasteiger partial charge in [0, 0.05) is 74.1 Å². The molecule has 3 amide bonds. The third-order valence-corrected chi connectivity index (χ3v) is 12.9. The minimum Gasteiger partial charge on any atom is -0.493 e. The molecule has 0 radical (unpaired) electrons. The predicted octanol–water partition coefficient (Wildman–Crippen LogP) is 5.94. The lowest BCUT2D eigenvalue weighted by molar-refractivity contribution is 0.0596. The van der Waals surface area contributed by atoms with E-state index in [1.54, 1.807) is 19.2 Å². The molecule has 0 bridgehead atoms. The Morgan fingerprint density at radius 3 is 2.10 bits per heavy atom. The first-order valence-corrected chi connectivity index (χ1v) is 20.4. The lowest BCUT2D eigenvalue weighted by Crippen LogP contribution is -2.47. The number of anilines is 1. The number of amides is 3. The number of thioether (sulfide) groups is 2. The fraction of sp³-hybridized carbons (Fsp3) is 0.513. The molecule has 0 aliphatic carbocycles. The maximum absolute atomic E-state index is 13.8. The number of nitrogens with zero attached hydrogens (tertiary/aromatic N) is 4. The number of imide groups is 1. The summed E-state index contributed by atoms with van der Waals surface area (Å²) >= 11 is 3.84. The van der Waals surface area contributed by atoms with Crippen molar-refractivity contribution in [3.8, 4) is 11.5 Å². The summed E-state index contributed by atoms with van der Waals surface area (Å²) in [6.45, 7) is 11.6. The van der Waals surface area contributed by atoms with E-state index in [1.807, 2.05) is 64.8 Å². The number of likely N-dealkylation sites (tertiary alicyclic amines) is 1. The van der Waals surface area contributed by atoms with Crippen molar-refractivity contribution >= 4 is 57.7 Å². The summed E-state index contributed by atoms with van der Waals surface area (Å²) in [5, 5.41) is 1.70. The molecule has 3 aromatic carbocycles. The van der Waals surface area contributed by atoms with Gasteiger partial charge in [0.2, 0.25) is 0 Å². The molecule has 51 heavy (non-hydrogen) atoms. The molecule has 3 aliphatic rings. The number of carbonyl (C=O) groups is 3. The van der Waals surface area contributed by atoms with Crippen molar-refractivity contribution in [3.63, 3.8) is 0 Å². The van der Waals surface area contributed by atoms with Gasteiger partial charge in [-0.05, 0) is 67.3 Å². The Morgan fingerprint density at radius 1 is 0.863 bits per heavy atom. The Kier molecular flexibility index (Phi) is 12.7. The number of nitrogen functional groups attached to an aromatic ring is 1. The second kappa shape index (κ2) is 17.4. The average Bonchev–Trinajstić information content (AvgIpc) is 3.64. The van der Waals surface area contributed by atoms with E-state index in [0.29, 0.717) is 51.6 Å². The molecule has 2 fully saturated rings. The van der Waals surface area contributed by atoms with Crippen LogP contribution < -0.4 is 15.2 Å². The number of ether oxygens (including phenoxy) is 2. The van der Waals surface area contributed by atoms with Gasteiger partial charge < -0.3 is 29.9 Å². The highest BCUT2D eigenvalue weighted by molar-refractivity contribution is 8.17. The summed E-state index contributed by atoms with van der Waals surface area (Å²) in [5.74, 6) is 2.70. The van der Waals surface area contributed by atoms with Gasteiger partial charge in [0.25, 0.3) is 17.7 Å². The van der Waals surface area contributed by atoms with E-state index in [1.165, 1.54) is 4.90 Å². The number of carbonyl (C=O) groups excluding carboxylic acids is 3. The first kappa shape index (κ1) is 37.3. The van der Waals surface area contributed by atoms with Gasteiger partial charge in [-0.1, -0.05) is 38.1 Å². The zero-order valence-electron chi connectivity index (χ0n) is 30.1. The van der Waals surface area contributed by atoms with Crippen LogP contribution in [0, 0.1) is 0 Å². The zero-order chi connectivity index (χ0) is 35.9. The molecule has 0 spiro atoms. The van der Waals surface area contributed by atoms with Crippen molar-refractivity contribution < 1.29 is 23.9 Å². The minimum atomic E-state index is -0.196. The predicted molar refractivity (Wildman–Crippen MR) is 208 cm³/mol. The number of rotatable bonds is 16. The molecule has 2 N–H and O–H groups in total. The summed E-state index contributed by atoms with van der Waals surface area (Å²) in [5.41, 5.74) is 8.58. The number of piperazine rings is 1. The van der Waals surface area contributed by atoms with Crippen LogP contribution in [0.4, 0.5) is 5.69 Å². The highest BCUT2D eigenvalue weighted by atomic mass is 32.2. The van der Waals surface area contributed by atoms with E-state index in [4.69, 9.17) is 15.2 Å². The van der Waals surface area contributed by atoms with E-state index in [0.717, 1.165) is 93.8 Å². The Bertz CT molecular complexity index is 1660. The van der Waals surface area contributed by atoms with E-state index in [-0.39, 0.29) is 23.8 Å². The van der Waals surface area contributed by atoms with Crippen LogP contribution in [0.25, 0.3) is 10.8 Å². The fourth-order valence-corrected chi connectivity index (χ4v) is 10.4. The van der Waals surface area contributed by atoms with Gasteiger partial charge in [-0.2, -0.15) is 0 Å². The highest BCUT2D eigenvalue weighted by Crippen LogP contribution is 2.38. The average molecular weight is 734 g/mol. The van der Waals surface area contributed by atoms with E-state index >= 15 is 0 Å². The Balaban J connectivity index is 0.933. The second-order valence-electron chi connectivity index (χ2n) is 13.3. The summed E-state index contributed by atoms with van der Waals surface area (Å²) < 4.78 is 12.2. The Morgan fingerprint density at radius 2 is 1.49 bits per heavy atom. The minimum absolute atomic E-state index is 0.0329. The fourth-order valence-electron chi connectivity index (χ4n) is 7.56. The highest BCUT2D eigenvalue weighted by Gasteiger charge is 2.36. The molecule has 6 rings (SSSR count). The lowest BCUT2D eigenvalue weighted by atomic mass is 9.94. The molecule has 12 heteroatoms. The molecule has 3 aromatic rings. The number of methoxy groups -OCH3 is 1. The van der Waals surface area contributed by atoms with Gasteiger partial charge in [-0.15, -0.1) is 23.5 Å². The van der Waals surface area contributed by atoms with Crippen LogP contribution in [0.5, 0.6) is 11.5 Å². The molecular weight excluding hydrogens is 683 g/mol. The van der Waals surface area contributed by atoms with Crippen molar-refractivity contribution in [3.05, 3.63) is 65.2 Å². The van der Waals surface area contributed by atoms with Crippen LogP contribution in [-0.4, -0.2) is 126 Å². The van der Waals surface area contributed by atoms with Crippen molar-refractivity contribution in [2.75, 3.05) is 83.3 Å². The third kappa shape index (κ3) is 8.29. The standard InChI is InChI=1S/C39H51N5O5S2/c1-4-50-39(51-5-2)32-15-8-18-43(32)38(47)30-25-33(48-3)34(26-31(30)40)49-24-10-17-42-22-20-41(21-23-42)16-9-19-44-36(45)28-13-6-11-27-12-7-14-29(35(27)28)37(44)46/h6-7,11-14,25-26,32,39H,4-5,8-10,15-24,40H2,1-3H3/t32-/m0/s1. The van der Waals surface area contributed by atoms with Crippen LogP contribution in [0.15, 0.2) is 48.5 Å². The maximum atomic E-state index is 13.8. The van der Waals surface area contributed by atoms with Gasteiger partial charge >= 0.3 is 0 Å². The Hall–Kier alpha value is -3.45. The third-order valence-electron chi connectivity index (χ3n) is 10.2. The number of hydrogen-bond donors (Lipinski definition) is 1. The lowest BCUT2D eigenvalue weighted by Gasteiger charge is -2.35. The van der Waals surface area contributed by atoms with Gasteiger partial charge in [0.05, 0.1) is 29.9 Å². The number of nitrogens with two attached hydrogens (primary N) is 1. The summed E-state index contributed by atoms with van der Waals surface area (Å²) in [7, 11) is 1.60. The van der Waals surface area contributed by atoms with Crippen molar-refractivity contribution in [1.29, 1.82) is 0 Å². The van der Waals surface area contributed by atoms with Crippen LogP contribution in [0.2, 0.25) is 0 Å². The SMILES string of the molecule is CCSC(SCC)[C@@H]1CCCN1C(=O)c1cc(OC)c(OCCCN2CCN(CCCN3C(=O)c4cccc5cccc(c45)C3=O)CC2)cc1N.